The van der Waals surface area contributed by atoms with E-state index in [9.17, 15) is 0 Å². The minimum absolute atomic E-state index is 0.602. The van der Waals surface area contributed by atoms with Crippen LogP contribution in [0.25, 0.3) is 0 Å². The topological polar surface area (TPSA) is 21.3 Å². The maximum absolute atomic E-state index is 5.79. The largest absolute Gasteiger partial charge is 0.493 e. The number of hydrogen-bond donors (Lipinski definition) is 1. The molecule has 21 heavy (non-hydrogen) atoms. The van der Waals surface area contributed by atoms with Crippen LogP contribution in [0, 0.1) is 0 Å². The Bertz CT molecular complexity index is 423. The monoisotopic (exact) mass is 307 g/mol. The Hall–Kier alpha value is -0.670. The van der Waals surface area contributed by atoms with Gasteiger partial charge in [-0.25, -0.2) is 0 Å². The van der Waals surface area contributed by atoms with Gasteiger partial charge in [0.1, 0.15) is 5.75 Å². The molecule has 3 atom stereocenters. The van der Waals surface area contributed by atoms with Gasteiger partial charge in [0.15, 0.2) is 0 Å². The fourth-order valence-corrected chi connectivity index (χ4v) is 3.95. The van der Waals surface area contributed by atoms with Crippen LogP contribution >= 0.6 is 11.8 Å². The number of fused-ring (bicyclic) bond motifs is 1. The average molecular weight is 308 g/mol. The molecule has 0 saturated heterocycles. The maximum Gasteiger partial charge on any atom is 0.122 e. The van der Waals surface area contributed by atoms with Crippen molar-refractivity contribution in [2.75, 3.05) is 18.9 Å². The maximum atomic E-state index is 5.79. The van der Waals surface area contributed by atoms with Gasteiger partial charge in [-0.1, -0.05) is 39.0 Å². The van der Waals surface area contributed by atoms with Gasteiger partial charge in [-0.15, -0.1) is 0 Å². The second-order valence-electron chi connectivity index (χ2n) is 5.91. The Balaban J connectivity index is 1.97. The van der Waals surface area contributed by atoms with Gasteiger partial charge < -0.3 is 10.1 Å². The van der Waals surface area contributed by atoms with E-state index in [0.717, 1.165) is 30.6 Å². The van der Waals surface area contributed by atoms with E-state index in [-0.39, 0.29) is 0 Å². The van der Waals surface area contributed by atoms with Crippen LogP contribution in [-0.4, -0.2) is 30.2 Å². The molecule has 1 aliphatic heterocycles. The van der Waals surface area contributed by atoms with Gasteiger partial charge in [0.25, 0.3) is 0 Å². The lowest BCUT2D eigenvalue weighted by Gasteiger charge is -2.29. The van der Waals surface area contributed by atoms with Crippen molar-refractivity contribution in [2.24, 2.45) is 0 Å². The van der Waals surface area contributed by atoms with Gasteiger partial charge in [0, 0.05) is 17.0 Å². The molecule has 0 fully saturated rings. The highest BCUT2D eigenvalue weighted by atomic mass is 32.2. The standard InChI is InChI=1S/C18H29NOS/c1-4-14(3)21-13-16(19-5-2)12-15-10-11-20-18-9-7-6-8-17(15)18/h6-9,14-16,19H,4-5,10-13H2,1-3H3. The summed E-state index contributed by atoms with van der Waals surface area (Å²) >= 11 is 2.10. The fourth-order valence-electron chi connectivity index (χ4n) is 2.90. The van der Waals surface area contributed by atoms with Crippen molar-refractivity contribution in [3.63, 3.8) is 0 Å². The van der Waals surface area contributed by atoms with Gasteiger partial charge in [0.05, 0.1) is 6.61 Å². The molecular weight excluding hydrogens is 278 g/mol. The van der Waals surface area contributed by atoms with E-state index >= 15 is 0 Å². The molecule has 0 spiro atoms. The first kappa shape index (κ1) is 16.7. The molecule has 0 radical (unpaired) electrons. The molecule has 0 saturated carbocycles. The molecule has 0 bridgehead atoms. The van der Waals surface area contributed by atoms with Crippen LogP contribution < -0.4 is 10.1 Å². The van der Waals surface area contributed by atoms with Crippen molar-refractivity contribution in [3.05, 3.63) is 29.8 Å². The van der Waals surface area contributed by atoms with E-state index in [1.165, 1.54) is 24.2 Å². The fraction of sp³-hybridized carbons (Fsp3) is 0.667. The minimum Gasteiger partial charge on any atom is -0.493 e. The lowest BCUT2D eigenvalue weighted by molar-refractivity contribution is 0.257. The van der Waals surface area contributed by atoms with E-state index in [2.05, 4.69) is 62.1 Å². The number of ether oxygens (including phenoxy) is 1. The van der Waals surface area contributed by atoms with Crippen LogP contribution in [0.15, 0.2) is 24.3 Å². The van der Waals surface area contributed by atoms with Crippen molar-refractivity contribution in [3.8, 4) is 5.75 Å². The molecule has 1 N–H and O–H groups in total. The molecule has 1 aromatic carbocycles. The third-order valence-corrected chi connectivity index (χ3v) is 5.80. The summed E-state index contributed by atoms with van der Waals surface area (Å²) in [5, 5.41) is 4.44. The highest BCUT2D eigenvalue weighted by Gasteiger charge is 2.24. The van der Waals surface area contributed by atoms with E-state index < -0.39 is 0 Å². The van der Waals surface area contributed by atoms with Crippen molar-refractivity contribution in [2.45, 2.75) is 57.2 Å². The zero-order valence-corrected chi connectivity index (χ0v) is 14.4. The Labute approximate surface area is 134 Å². The van der Waals surface area contributed by atoms with Gasteiger partial charge in [-0.3, -0.25) is 0 Å². The molecule has 0 aromatic heterocycles. The highest BCUT2D eigenvalue weighted by Crippen LogP contribution is 2.36. The van der Waals surface area contributed by atoms with Crippen LogP contribution in [0.5, 0.6) is 5.75 Å². The molecule has 2 nitrogen and oxygen atoms in total. The summed E-state index contributed by atoms with van der Waals surface area (Å²) in [6, 6.07) is 9.16. The first-order valence-electron chi connectivity index (χ1n) is 8.31. The summed E-state index contributed by atoms with van der Waals surface area (Å²) in [6.07, 6.45) is 3.62. The number of para-hydroxylation sites is 1. The van der Waals surface area contributed by atoms with Gasteiger partial charge in [-0.2, -0.15) is 11.8 Å². The summed E-state index contributed by atoms with van der Waals surface area (Å²) in [5.74, 6) is 2.94. The third kappa shape index (κ3) is 4.93. The number of hydrogen-bond acceptors (Lipinski definition) is 3. The lowest BCUT2D eigenvalue weighted by Crippen LogP contribution is -2.34. The van der Waals surface area contributed by atoms with Gasteiger partial charge in [0.2, 0.25) is 0 Å². The highest BCUT2D eigenvalue weighted by molar-refractivity contribution is 7.99. The lowest BCUT2D eigenvalue weighted by atomic mass is 9.88. The third-order valence-electron chi connectivity index (χ3n) is 4.30. The van der Waals surface area contributed by atoms with Crippen molar-refractivity contribution < 1.29 is 4.74 Å². The summed E-state index contributed by atoms with van der Waals surface area (Å²) in [7, 11) is 0. The number of nitrogens with one attached hydrogen (secondary N) is 1. The molecule has 3 heteroatoms. The molecule has 2 rings (SSSR count). The normalized spacial score (nSPS) is 20.4. The Morgan fingerprint density at radius 2 is 2.14 bits per heavy atom. The predicted octanol–water partition coefficient (Wildman–Crippen LogP) is 4.45. The van der Waals surface area contributed by atoms with Crippen LogP contribution in [0.3, 0.4) is 0 Å². The van der Waals surface area contributed by atoms with E-state index in [1.807, 2.05) is 0 Å². The molecule has 1 heterocycles. The SMILES string of the molecule is CCNC(CSC(C)CC)CC1CCOc2ccccc21. The Morgan fingerprint density at radius 1 is 1.33 bits per heavy atom. The molecule has 1 aromatic rings. The van der Waals surface area contributed by atoms with Crippen LogP contribution in [0.1, 0.15) is 51.5 Å². The first-order chi connectivity index (χ1) is 10.2. The molecule has 0 aliphatic carbocycles. The van der Waals surface area contributed by atoms with Gasteiger partial charge >= 0.3 is 0 Å². The second-order valence-corrected chi connectivity index (χ2v) is 7.39. The Morgan fingerprint density at radius 3 is 2.90 bits per heavy atom. The quantitative estimate of drug-likeness (QED) is 0.766. The van der Waals surface area contributed by atoms with E-state index in [4.69, 9.17) is 4.74 Å². The van der Waals surface area contributed by atoms with Crippen LogP contribution in [0.2, 0.25) is 0 Å². The van der Waals surface area contributed by atoms with Crippen molar-refractivity contribution in [1.82, 2.24) is 5.32 Å². The molecular formula is C18H29NOS. The van der Waals surface area contributed by atoms with Crippen LogP contribution in [-0.2, 0) is 0 Å². The predicted molar refractivity (Wildman–Crippen MR) is 93.6 cm³/mol. The smallest absolute Gasteiger partial charge is 0.122 e. The minimum atomic E-state index is 0.602. The molecule has 3 unspecified atom stereocenters. The van der Waals surface area contributed by atoms with Crippen LogP contribution in [0.4, 0.5) is 0 Å². The summed E-state index contributed by atoms with van der Waals surface area (Å²) in [4.78, 5) is 0. The van der Waals surface area contributed by atoms with E-state index in [0.29, 0.717) is 12.0 Å². The number of thioether (sulfide) groups is 1. The second kappa shape index (κ2) is 8.70. The average Bonchev–Trinajstić information content (AvgIpc) is 2.52. The zero-order chi connectivity index (χ0) is 15.1. The van der Waals surface area contributed by atoms with Crippen molar-refractivity contribution >= 4 is 11.8 Å². The Kier molecular flexibility index (Phi) is 6.91. The zero-order valence-electron chi connectivity index (χ0n) is 13.6. The number of benzene rings is 1. The summed E-state index contributed by atoms with van der Waals surface area (Å²) in [6.45, 7) is 8.72. The first-order valence-corrected chi connectivity index (χ1v) is 9.36. The van der Waals surface area contributed by atoms with Gasteiger partial charge in [-0.05, 0) is 43.4 Å². The molecule has 118 valence electrons. The summed E-state index contributed by atoms with van der Waals surface area (Å²) in [5.41, 5.74) is 1.40. The number of rotatable bonds is 8. The van der Waals surface area contributed by atoms with E-state index in [1.54, 1.807) is 0 Å². The van der Waals surface area contributed by atoms with Crippen molar-refractivity contribution in [1.29, 1.82) is 0 Å². The molecule has 1 aliphatic rings. The molecule has 0 amide bonds. The summed E-state index contributed by atoms with van der Waals surface area (Å²) < 4.78 is 5.79.